The standard InChI is InChI=1S/C21H21NO3/c1-3-13-24-15-16(2)21(23)25-14-12-22-19-10-6-4-8-17(19)18-9-5-7-11-20(18)22/h3-11H,1-2,12-15H2. The lowest BCUT2D eigenvalue weighted by molar-refractivity contribution is -0.139. The predicted octanol–water partition coefficient (Wildman–Crippen LogP) is 4.10. The van der Waals surface area contributed by atoms with Crippen molar-refractivity contribution in [2.45, 2.75) is 6.54 Å². The minimum atomic E-state index is -0.426. The molecular weight excluding hydrogens is 314 g/mol. The van der Waals surface area contributed by atoms with Crippen LogP contribution in [0.3, 0.4) is 0 Å². The molecule has 0 spiro atoms. The first-order chi connectivity index (χ1) is 12.2. The van der Waals surface area contributed by atoms with Gasteiger partial charge < -0.3 is 14.0 Å². The minimum absolute atomic E-state index is 0.153. The summed E-state index contributed by atoms with van der Waals surface area (Å²) in [5.41, 5.74) is 2.57. The topological polar surface area (TPSA) is 40.5 Å². The third-order valence-corrected chi connectivity index (χ3v) is 4.03. The Morgan fingerprint density at radius 1 is 1.04 bits per heavy atom. The molecule has 1 heterocycles. The molecule has 0 aliphatic heterocycles. The number of rotatable bonds is 8. The Balaban J connectivity index is 1.70. The summed E-state index contributed by atoms with van der Waals surface area (Å²) in [5.74, 6) is -0.426. The van der Waals surface area contributed by atoms with Crippen LogP contribution in [-0.2, 0) is 20.8 Å². The summed E-state index contributed by atoms with van der Waals surface area (Å²) in [7, 11) is 0. The Morgan fingerprint density at radius 2 is 1.64 bits per heavy atom. The number of ether oxygens (including phenoxy) is 2. The van der Waals surface area contributed by atoms with Crippen LogP contribution in [0, 0.1) is 0 Å². The molecule has 128 valence electrons. The molecule has 0 saturated heterocycles. The summed E-state index contributed by atoms with van der Waals surface area (Å²) in [6.45, 7) is 8.66. The number of carbonyl (C=O) groups is 1. The van der Waals surface area contributed by atoms with Gasteiger partial charge >= 0.3 is 5.97 Å². The molecule has 3 rings (SSSR count). The van der Waals surface area contributed by atoms with E-state index in [-0.39, 0.29) is 13.2 Å². The molecule has 0 amide bonds. The number of nitrogens with zero attached hydrogens (tertiary/aromatic N) is 1. The fourth-order valence-corrected chi connectivity index (χ4v) is 2.90. The summed E-state index contributed by atoms with van der Waals surface area (Å²) in [6.07, 6.45) is 1.63. The highest BCUT2D eigenvalue weighted by molar-refractivity contribution is 6.07. The maximum absolute atomic E-state index is 12.0. The SMILES string of the molecule is C=CCOCC(=C)C(=O)OCCn1c2ccccc2c2ccccc21. The molecule has 0 bridgehead atoms. The van der Waals surface area contributed by atoms with Crippen LogP contribution in [0.5, 0.6) is 0 Å². The lowest BCUT2D eigenvalue weighted by Gasteiger charge is -2.10. The van der Waals surface area contributed by atoms with Crippen molar-refractivity contribution in [1.29, 1.82) is 0 Å². The highest BCUT2D eigenvalue weighted by Gasteiger charge is 2.11. The van der Waals surface area contributed by atoms with Gasteiger partial charge in [-0.15, -0.1) is 6.58 Å². The summed E-state index contributed by atoms with van der Waals surface area (Å²) >= 11 is 0. The van der Waals surface area contributed by atoms with E-state index in [0.717, 1.165) is 11.0 Å². The Kier molecular flexibility index (Phi) is 5.31. The van der Waals surface area contributed by atoms with E-state index >= 15 is 0 Å². The molecule has 0 aliphatic rings. The van der Waals surface area contributed by atoms with Crippen molar-refractivity contribution in [2.24, 2.45) is 0 Å². The summed E-state index contributed by atoms with van der Waals surface area (Å²) in [4.78, 5) is 12.0. The van der Waals surface area contributed by atoms with Crippen LogP contribution in [-0.4, -0.2) is 30.4 Å². The zero-order valence-corrected chi connectivity index (χ0v) is 14.1. The van der Waals surface area contributed by atoms with E-state index in [1.807, 2.05) is 24.3 Å². The van der Waals surface area contributed by atoms with Gasteiger partial charge in [0.1, 0.15) is 6.61 Å². The monoisotopic (exact) mass is 335 g/mol. The molecule has 4 nitrogen and oxygen atoms in total. The average Bonchev–Trinajstić information content (AvgIpc) is 2.96. The van der Waals surface area contributed by atoms with E-state index < -0.39 is 5.97 Å². The van der Waals surface area contributed by atoms with Crippen molar-refractivity contribution < 1.29 is 14.3 Å². The zero-order chi connectivity index (χ0) is 17.6. The Labute approximate surface area is 147 Å². The molecule has 0 N–H and O–H groups in total. The van der Waals surface area contributed by atoms with Crippen LogP contribution in [0.25, 0.3) is 21.8 Å². The van der Waals surface area contributed by atoms with E-state index in [9.17, 15) is 4.79 Å². The number of para-hydroxylation sites is 2. The second-order valence-corrected chi connectivity index (χ2v) is 5.73. The minimum Gasteiger partial charge on any atom is -0.460 e. The maximum Gasteiger partial charge on any atom is 0.335 e. The first kappa shape index (κ1) is 17.0. The van der Waals surface area contributed by atoms with Gasteiger partial charge in [-0.05, 0) is 12.1 Å². The molecule has 0 unspecified atom stereocenters. The molecular formula is C21H21NO3. The van der Waals surface area contributed by atoms with Gasteiger partial charge in [-0.1, -0.05) is 49.1 Å². The molecule has 2 aromatic carbocycles. The number of aromatic nitrogens is 1. The molecule has 0 fully saturated rings. The summed E-state index contributed by atoms with van der Waals surface area (Å²) in [5, 5.41) is 2.40. The van der Waals surface area contributed by atoms with Gasteiger partial charge in [0, 0.05) is 21.8 Å². The third-order valence-electron chi connectivity index (χ3n) is 4.03. The zero-order valence-electron chi connectivity index (χ0n) is 14.1. The van der Waals surface area contributed by atoms with E-state index in [4.69, 9.17) is 9.47 Å². The number of benzene rings is 2. The van der Waals surface area contributed by atoms with E-state index in [0.29, 0.717) is 18.7 Å². The smallest absolute Gasteiger partial charge is 0.335 e. The highest BCUT2D eigenvalue weighted by atomic mass is 16.5. The number of carbonyl (C=O) groups excluding carboxylic acids is 1. The second-order valence-electron chi connectivity index (χ2n) is 5.73. The molecule has 25 heavy (non-hydrogen) atoms. The molecule has 0 aliphatic carbocycles. The van der Waals surface area contributed by atoms with Gasteiger partial charge in [0.25, 0.3) is 0 Å². The molecule has 1 aromatic heterocycles. The van der Waals surface area contributed by atoms with Crippen molar-refractivity contribution in [2.75, 3.05) is 19.8 Å². The van der Waals surface area contributed by atoms with Gasteiger partial charge in [0.05, 0.1) is 25.3 Å². The Bertz CT molecular complexity index is 870. The molecule has 0 radical (unpaired) electrons. The molecule has 3 aromatic rings. The van der Waals surface area contributed by atoms with Crippen molar-refractivity contribution in [3.05, 3.63) is 73.3 Å². The average molecular weight is 335 g/mol. The van der Waals surface area contributed by atoms with Crippen LogP contribution in [0.4, 0.5) is 0 Å². The van der Waals surface area contributed by atoms with Gasteiger partial charge in [-0.2, -0.15) is 0 Å². The lowest BCUT2D eigenvalue weighted by Crippen LogP contribution is -2.15. The van der Waals surface area contributed by atoms with Crippen LogP contribution >= 0.6 is 0 Å². The van der Waals surface area contributed by atoms with Crippen LogP contribution < -0.4 is 0 Å². The van der Waals surface area contributed by atoms with Gasteiger partial charge in [-0.25, -0.2) is 4.79 Å². The maximum atomic E-state index is 12.0. The van der Waals surface area contributed by atoms with Crippen molar-refractivity contribution in [1.82, 2.24) is 4.57 Å². The molecule has 0 atom stereocenters. The highest BCUT2D eigenvalue weighted by Crippen LogP contribution is 2.28. The summed E-state index contributed by atoms with van der Waals surface area (Å²) < 4.78 is 12.7. The quantitative estimate of drug-likeness (QED) is 0.269. The lowest BCUT2D eigenvalue weighted by atomic mass is 10.2. The van der Waals surface area contributed by atoms with E-state index in [1.165, 1.54) is 10.8 Å². The summed E-state index contributed by atoms with van der Waals surface area (Å²) in [6, 6.07) is 16.5. The van der Waals surface area contributed by atoms with Gasteiger partial charge in [-0.3, -0.25) is 0 Å². The Hall–Kier alpha value is -2.85. The van der Waals surface area contributed by atoms with Crippen LogP contribution in [0.1, 0.15) is 0 Å². The van der Waals surface area contributed by atoms with Crippen molar-refractivity contribution in [3.63, 3.8) is 0 Å². The largest absolute Gasteiger partial charge is 0.460 e. The first-order valence-electron chi connectivity index (χ1n) is 8.22. The normalized spacial score (nSPS) is 10.9. The second kappa shape index (κ2) is 7.81. The Morgan fingerprint density at radius 3 is 2.24 bits per heavy atom. The number of hydrogen-bond donors (Lipinski definition) is 0. The van der Waals surface area contributed by atoms with Gasteiger partial charge in [0.15, 0.2) is 0 Å². The third kappa shape index (κ3) is 3.64. The molecule has 0 saturated carbocycles. The fourth-order valence-electron chi connectivity index (χ4n) is 2.90. The number of hydrogen-bond acceptors (Lipinski definition) is 3. The fraction of sp³-hybridized carbons (Fsp3) is 0.190. The first-order valence-corrected chi connectivity index (χ1v) is 8.22. The van der Waals surface area contributed by atoms with E-state index in [1.54, 1.807) is 6.08 Å². The predicted molar refractivity (Wildman–Crippen MR) is 101 cm³/mol. The number of fused-ring (bicyclic) bond motifs is 3. The van der Waals surface area contributed by atoms with Gasteiger partial charge in [0.2, 0.25) is 0 Å². The van der Waals surface area contributed by atoms with Crippen LogP contribution in [0.15, 0.2) is 73.3 Å². The molecule has 4 heteroatoms. The van der Waals surface area contributed by atoms with Crippen LogP contribution in [0.2, 0.25) is 0 Å². The number of esters is 1. The van der Waals surface area contributed by atoms with Crippen molar-refractivity contribution >= 4 is 27.8 Å². The van der Waals surface area contributed by atoms with E-state index in [2.05, 4.69) is 42.0 Å². The van der Waals surface area contributed by atoms with Crippen molar-refractivity contribution in [3.8, 4) is 0 Å².